The Kier molecular flexibility index (Phi) is 5.93. The van der Waals surface area contributed by atoms with Gasteiger partial charge in [-0.1, -0.05) is 6.92 Å². The lowest BCUT2D eigenvalue weighted by Gasteiger charge is -2.24. The van der Waals surface area contributed by atoms with Gasteiger partial charge in [-0.05, 0) is 12.5 Å². The highest BCUT2D eigenvalue weighted by molar-refractivity contribution is 7.66. The highest BCUT2D eigenvalue weighted by Crippen LogP contribution is 2.73. The number of phosphoric acid groups is 3. The molecule has 0 bridgehead atoms. The van der Waals surface area contributed by atoms with Crippen LogP contribution in [0.15, 0.2) is 17.1 Å². The SMILES string of the molecule is CC[C@]12O[C@@H](n3ccc(N)nc3=O)[C@H](F)[C@@]1(O)C2OP(=O)(O)OP(=O)(O)OP(=O)(O)O. The molecule has 2 heterocycles. The van der Waals surface area contributed by atoms with Crippen LogP contribution in [0.3, 0.4) is 0 Å². The van der Waals surface area contributed by atoms with Crippen LogP contribution < -0.4 is 11.4 Å². The number of nitrogens with two attached hydrogens (primary N) is 1. The van der Waals surface area contributed by atoms with Gasteiger partial charge in [-0.2, -0.15) is 13.6 Å². The number of fused-ring (bicyclic) bond motifs is 1. The zero-order chi connectivity index (χ0) is 23.6. The highest BCUT2D eigenvalue weighted by atomic mass is 31.3. The third-order valence-electron chi connectivity index (χ3n) is 4.73. The standard InChI is InChI=1S/C11H17FN3O13P3/c1-2-10-8(26-30(21,22)28-31(23,24)27-29(18,19)20)11(10,17)6(12)7(25-10)15-4-3-5(13)14-9(15)16/h3-4,6-8,17H,2H2,1H3,(H,21,22)(H,23,24)(H2,13,14,16)(H2,18,19,20)/t6-,7+,8?,10+,11+/m0/s1. The minimum absolute atomic E-state index is 0.158. The molecule has 1 aliphatic carbocycles. The summed E-state index contributed by atoms with van der Waals surface area (Å²) < 4.78 is 67.0. The van der Waals surface area contributed by atoms with Gasteiger partial charge in [0, 0.05) is 6.20 Å². The third-order valence-corrected chi connectivity index (χ3v) is 8.53. The molecule has 7 N–H and O–H groups in total. The number of hydrogen-bond donors (Lipinski definition) is 6. The van der Waals surface area contributed by atoms with E-state index >= 15 is 4.39 Å². The number of nitrogens with zero attached hydrogens (tertiary/aromatic N) is 2. The smallest absolute Gasteiger partial charge is 0.383 e. The molecule has 20 heteroatoms. The van der Waals surface area contributed by atoms with Gasteiger partial charge in [0.1, 0.15) is 17.5 Å². The van der Waals surface area contributed by atoms with Crippen molar-refractivity contribution in [3.8, 4) is 0 Å². The van der Waals surface area contributed by atoms with Crippen LogP contribution in [0.1, 0.15) is 19.6 Å². The second-order valence-corrected chi connectivity index (χ2v) is 11.0. The van der Waals surface area contributed by atoms with Crippen molar-refractivity contribution in [3.63, 3.8) is 0 Å². The van der Waals surface area contributed by atoms with Crippen LogP contribution in [0.5, 0.6) is 0 Å². The Labute approximate surface area is 171 Å². The van der Waals surface area contributed by atoms with E-state index < -0.39 is 58.9 Å². The van der Waals surface area contributed by atoms with Gasteiger partial charge in [0.15, 0.2) is 18.0 Å². The molecule has 1 saturated heterocycles. The van der Waals surface area contributed by atoms with Crippen molar-refractivity contribution < 1.29 is 60.6 Å². The Balaban J connectivity index is 1.82. The van der Waals surface area contributed by atoms with E-state index in [2.05, 4.69) is 18.1 Å². The largest absolute Gasteiger partial charge is 0.490 e. The summed E-state index contributed by atoms with van der Waals surface area (Å²) in [6, 6.07) is 1.16. The average molecular weight is 511 g/mol. The number of aliphatic hydroxyl groups is 1. The number of ether oxygens (including phenoxy) is 1. The summed E-state index contributed by atoms with van der Waals surface area (Å²) in [6.45, 7) is 1.38. The first-order valence-corrected chi connectivity index (χ1v) is 12.7. The molecule has 1 aromatic heterocycles. The summed E-state index contributed by atoms with van der Waals surface area (Å²) >= 11 is 0. The normalized spacial score (nSPS) is 36.4. The quantitative estimate of drug-likeness (QED) is 0.236. The van der Waals surface area contributed by atoms with E-state index in [9.17, 15) is 33.4 Å². The molecule has 3 rings (SSSR count). The lowest BCUT2D eigenvalue weighted by atomic mass is 10.1. The lowest BCUT2D eigenvalue weighted by molar-refractivity contribution is -0.0925. The number of alkyl halides is 1. The Morgan fingerprint density at radius 3 is 2.35 bits per heavy atom. The molecular weight excluding hydrogens is 494 g/mol. The zero-order valence-electron chi connectivity index (χ0n) is 15.3. The molecule has 0 aromatic carbocycles. The van der Waals surface area contributed by atoms with Crippen LogP contribution >= 0.6 is 23.5 Å². The van der Waals surface area contributed by atoms with Gasteiger partial charge in [-0.15, -0.1) is 0 Å². The van der Waals surface area contributed by atoms with Gasteiger partial charge in [-0.25, -0.2) is 22.9 Å². The molecule has 0 spiro atoms. The summed E-state index contributed by atoms with van der Waals surface area (Å²) in [4.78, 5) is 51.2. The Morgan fingerprint density at radius 1 is 1.26 bits per heavy atom. The number of halogens is 1. The van der Waals surface area contributed by atoms with E-state index in [-0.39, 0.29) is 12.2 Å². The molecule has 1 saturated carbocycles. The molecule has 3 unspecified atom stereocenters. The maximum atomic E-state index is 15.1. The van der Waals surface area contributed by atoms with Crippen LogP contribution in [0.4, 0.5) is 10.2 Å². The molecule has 2 aliphatic rings. The molecule has 1 aromatic rings. The zero-order valence-corrected chi connectivity index (χ0v) is 18.0. The molecular formula is C11H17FN3O13P3. The topological polar surface area (TPSA) is 250 Å². The fourth-order valence-electron chi connectivity index (χ4n) is 3.47. The average Bonchev–Trinajstić information content (AvgIpc) is 2.95. The second kappa shape index (κ2) is 7.48. The maximum Gasteiger partial charge on any atom is 0.490 e. The van der Waals surface area contributed by atoms with Gasteiger partial charge in [0.2, 0.25) is 0 Å². The first-order valence-electron chi connectivity index (χ1n) is 8.19. The summed E-state index contributed by atoms with van der Waals surface area (Å²) in [5.41, 5.74) is -0.236. The van der Waals surface area contributed by atoms with E-state index in [1.54, 1.807) is 0 Å². The monoisotopic (exact) mass is 511 g/mol. The van der Waals surface area contributed by atoms with Gasteiger partial charge in [0.25, 0.3) is 0 Å². The summed E-state index contributed by atoms with van der Waals surface area (Å²) in [7, 11) is -17.1. The summed E-state index contributed by atoms with van der Waals surface area (Å²) in [5.74, 6) is -0.158. The number of rotatable bonds is 8. The maximum absolute atomic E-state index is 15.1. The molecule has 0 radical (unpaired) electrons. The van der Waals surface area contributed by atoms with Gasteiger partial charge in [0.05, 0.1) is 0 Å². The van der Waals surface area contributed by atoms with E-state index in [1.165, 1.54) is 6.92 Å². The van der Waals surface area contributed by atoms with Crippen LogP contribution in [0, 0.1) is 0 Å². The molecule has 1 aliphatic heterocycles. The van der Waals surface area contributed by atoms with Crippen LogP contribution in [0.2, 0.25) is 0 Å². The van der Waals surface area contributed by atoms with Crippen molar-refractivity contribution in [1.82, 2.24) is 9.55 Å². The van der Waals surface area contributed by atoms with E-state index in [0.717, 1.165) is 12.3 Å². The minimum Gasteiger partial charge on any atom is -0.383 e. The van der Waals surface area contributed by atoms with E-state index in [0.29, 0.717) is 4.57 Å². The van der Waals surface area contributed by atoms with Crippen molar-refractivity contribution in [1.29, 1.82) is 0 Å². The first-order chi connectivity index (χ1) is 14.0. The van der Waals surface area contributed by atoms with Crippen molar-refractivity contribution >= 4 is 29.3 Å². The van der Waals surface area contributed by atoms with Crippen LogP contribution in [0.25, 0.3) is 0 Å². The molecule has 16 nitrogen and oxygen atoms in total. The predicted molar refractivity (Wildman–Crippen MR) is 94.6 cm³/mol. The molecule has 0 amide bonds. The number of anilines is 1. The van der Waals surface area contributed by atoms with Crippen molar-refractivity contribution in [2.45, 2.75) is 43.1 Å². The van der Waals surface area contributed by atoms with Gasteiger partial charge >= 0.3 is 29.2 Å². The van der Waals surface area contributed by atoms with Crippen molar-refractivity contribution in [3.05, 3.63) is 22.7 Å². The van der Waals surface area contributed by atoms with Gasteiger partial charge in [-0.3, -0.25) is 9.09 Å². The summed E-state index contributed by atoms with van der Waals surface area (Å²) in [6.07, 6.45) is -5.23. The predicted octanol–water partition coefficient (Wildman–Crippen LogP) is -0.702. The fraction of sp³-hybridized carbons (Fsp3) is 0.636. The Hall–Kier alpha value is -1.06. The lowest BCUT2D eigenvalue weighted by Crippen LogP contribution is -2.38. The van der Waals surface area contributed by atoms with E-state index in [4.69, 9.17) is 20.3 Å². The van der Waals surface area contributed by atoms with Crippen molar-refractivity contribution in [2.24, 2.45) is 0 Å². The first kappa shape index (κ1) is 24.6. The third kappa shape index (κ3) is 4.29. The molecule has 7 atom stereocenters. The molecule has 31 heavy (non-hydrogen) atoms. The molecule has 176 valence electrons. The van der Waals surface area contributed by atoms with Crippen LogP contribution in [-0.4, -0.2) is 57.7 Å². The van der Waals surface area contributed by atoms with Gasteiger partial charge < -0.3 is 35.2 Å². The van der Waals surface area contributed by atoms with Crippen LogP contribution in [-0.2, 0) is 31.6 Å². The van der Waals surface area contributed by atoms with E-state index in [1.807, 2.05) is 0 Å². The second-order valence-electron chi connectivity index (χ2n) is 6.60. The number of hydrogen-bond acceptors (Lipinski definition) is 11. The highest BCUT2D eigenvalue weighted by Gasteiger charge is 2.89. The fourth-order valence-corrected chi connectivity index (χ4v) is 6.73. The van der Waals surface area contributed by atoms with Crippen molar-refractivity contribution in [2.75, 3.05) is 5.73 Å². The number of phosphoric ester groups is 1. The Bertz CT molecular complexity index is 1090. The minimum atomic E-state index is -5.82. The Morgan fingerprint density at radius 2 is 1.87 bits per heavy atom. The number of nitrogen functional groups attached to an aromatic ring is 1. The molecule has 2 fully saturated rings. The summed E-state index contributed by atoms with van der Waals surface area (Å²) in [5, 5.41) is 10.7. The number of aromatic nitrogens is 2.